The number of ether oxygens (including phenoxy) is 4. The van der Waals surface area contributed by atoms with Crippen molar-refractivity contribution >= 4 is 60.1 Å². The average Bonchev–Trinajstić information content (AvgIpc) is 1.65. The second-order valence-electron chi connectivity index (χ2n) is 33.0. The number of aromatic nitrogens is 8. The monoisotopic (exact) mass is 1690 g/mol. The van der Waals surface area contributed by atoms with E-state index in [1.807, 2.05) is 131 Å². The van der Waals surface area contributed by atoms with Crippen molar-refractivity contribution in [1.29, 1.82) is 0 Å². The Morgan fingerprint density at radius 3 is 1.14 bits per heavy atom. The zero-order chi connectivity index (χ0) is 83.0. The van der Waals surface area contributed by atoms with Crippen LogP contribution in [0.4, 0.5) is 17.6 Å². The third kappa shape index (κ3) is 16.1. The molecule has 16 atom stereocenters. The van der Waals surface area contributed by atoms with Crippen molar-refractivity contribution in [2.75, 3.05) is 33.2 Å². The molecule has 4 fully saturated rings. The molecule has 4 aliphatic heterocycles. The number of hydrogen-bond donors (Lipinski definition) is 11. The zero-order valence-electron chi connectivity index (χ0n) is 66.6. The van der Waals surface area contributed by atoms with Crippen molar-refractivity contribution in [3.8, 4) is 23.0 Å². The van der Waals surface area contributed by atoms with Gasteiger partial charge in [-0.25, -0.2) is 24.3 Å². The number of likely N-dealkylation sites (N-methyl/N-ethyl adjacent to an activating group) is 1. The van der Waals surface area contributed by atoms with Gasteiger partial charge in [-0.05, 0) is 215 Å². The number of aliphatic hydroxyl groups excluding tert-OH is 8. The molecular weight excluding hydrogens is 1600 g/mol. The van der Waals surface area contributed by atoms with E-state index in [1.165, 1.54) is 28.8 Å². The summed E-state index contributed by atoms with van der Waals surface area (Å²) in [6, 6.07) is 29.6. The van der Waals surface area contributed by atoms with Crippen LogP contribution in [0.1, 0.15) is 122 Å². The molecule has 8 aromatic heterocycles. The first-order chi connectivity index (χ1) is 57.3. The third-order valence-electron chi connectivity index (χ3n) is 25.5. The van der Waals surface area contributed by atoms with Gasteiger partial charge >= 0.3 is 6.18 Å². The summed E-state index contributed by atoms with van der Waals surface area (Å²) < 4.78 is 87.7. The van der Waals surface area contributed by atoms with Gasteiger partial charge in [-0.2, -0.15) is 13.2 Å². The highest BCUT2D eigenvalue weighted by molar-refractivity contribution is 9.10. The maximum Gasteiger partial charge on any atom is 0.416 e. The number of fused-ring (bicyclic) bond motifs is 8. The van der Waals surface area contributed by atoms with Gasteiger partial charge in [-0.3, -0.25) is 0 Å². The zero-order valence-corrected chi connectivity index (χ0v) is 68.2. The first-order valence-electron chi connectivity index (χ1n) is 40.9. The van der Waals surface area contributed by atoms with Crippen molar-refractivity contribution in [3.05, 3.63) is 235 Å². The van der Waals surface area contributed by atoms with Crippen LogP contribution in [0.15, 0.2) is 157 Å². The van der Waals surface area contributed by atoms with E-state index in [2.05, 4.69) is 82.8 Å². The van der Waals surface area contributed by atoms with Gasteiger partial charge in [0.2, 0.25) is 0 Å². The summed E-state index contributed by atoms with van der Waals surface area (Å²) in [4.78, 5) is 20.2. The number of alkyl halides is 3. The van der Waals surface area contributed by atoms with E-state index in [0.29, 0.717) is 67.8 Å². The molecule has 29 heteroatoms. The van der Waals surface area contributed by atoms with E-state index in [1.54, 1.807) is 30.9 Å². The minimum atomic E-state index is -4.50. The molecule has 24 nitrogen and oxygen atoms in total. The fraction of sp³-hybridized carbons (Fsp3) is 0.422. The smallest absolute Gasteiger partial charge is 0.416 e. The van der Waals surface area contributed by atoms with Crippen molar-refractivity contribution in [2.45, 2.75) is 209 Å². The molecule has 0 saturated heterocycles. The standard InChI is InChI=1S/C23H24F3N3O3.C23H27N3O3.C22H24BrN3O3.C22H24FN3O3/c1-12-2-6-28-22-15(12)4-7-29(22)17-10-19(21(31)20(17)30)32-18-9-14(23(24,25)26)8-13-3-5-27-11-16(13)18;1-14-6-9-24-23-16(14)8-11-26(23)18-12-20(22(28)21(18)27)29-19-5-3-4-15-13-25(2)10-7-17(15)19;2*1-12-2-6-25-22-15(12)4-7-26(22)17-10-19(21(28)20(17)27)29-18-9-14(23)8-13-3-5-24-11-16(13)18/h2,4,6-9,17,19-21,27,30-31H,3,5,10-11H2,1H3;3-6,8-9,11,18,20-22,27-28H,7,10,12-13H2,1-2H3;2*2,4,6-9,17,19-21,24,27-28H,3,5,10-11H2,1H3/t17?,19?,20-,21+;18?,20?,21-,22+;2*17?,19?,20-,21+/m0000/s1. The van der Waals surface area contributed by atoms with Gasteiger partial charge in [0.1, 0.15) is 125 Å². The van der Waals surface area contributed by atoms with Crippen LogP contribution in [0.25, 0.3) is 44.1 Å². The number of rotatable bonds is 12. The second kappa shape index (κ2) is 33.9. The molecular formula is C90H99BrF4N12O12. The highest BCUT2D eigenvalue weighted by atomic mass is 79.9. The summed E-state index contributed by atoms with van der Waals surface area (Å²) in [6.07, 6.45) is 4.24. The fourth-order valence-corrected chi connectivity index (χ4v) is 19.3. The Morgan fingerprint density at radius 2 is 0.756 bits per heavy atom. The van der Waals surface area contributed by atoms with Gasteiger partial charge in [-0.15, -0.1) is 0 Å². The van der Waals surface area contributed by atoms with E-state index in [-0.39, 0.29) is 36.1 Å². The van der Waals surface area contributed by atoms with E-state index in [0.717, 1.165) is 151 Å². The number of nitrogens with zero attached hydrogens (tertiary/aromatic N) is 9. The molecule has 8 unspecified atom stereocenters. The molecule has 626 valence electrons. The van der Waals surface area contributed by atoms with Crippen LogP contribution in [0.3, 0.4) is 0 Å². The number of nitrogens with one attached hydrogen (secondary N) is 3. The molecule has 4 aromatic carbocycles. The lowest BCUT2D eigenvalue weighted by Gasteiger charge is -2.28. The van der Waals surface area contributed by atoms with E-state index < -0.39 is 91.0 Å². The van der Waals surface area contributed by atoms with Crippen LogP contribution < -0.4 is 34.9 Å². The lowest BCUT2D eigenvalue weighted by molar-refractivity contribution is -0.137. The SMILES string of the molecule is Cc1ccnc2c1ccn2C1CC(Oc2cc(Br)cc3c2CNCC3)[C@@H](O)[C@H]1O.Cc1ccnc2c1ccn2C1CC(Oc2cc(C(F)(F)F)cc3c2CNCC3)[C@@H](O)[C@H]1O.Cc1ccnc2c1ccn2C1CC(Oc2cc(F)cc3c2CNCC3)[C@@H](O)[C@H]1O.Cc1ccnc2c1ccn2C1CC(Oc2cccc3c2CCN(C)C3)[C@@H](O)[C@H]1O. The number of aliphatic hydroxyl groups is 8. The Hall–Kier alpha value is -9.44. The van der Waals surface area contributed by atoms with Crippen LogP contribution in [0.5, 0.6) is 23.0 Å². The maximum absolute atomic E-state index is 14.1. The predicted molar refractivity (Wildman–Crippen MR) is 443 cm³/mol. The van der Waals surface area contributed by atoms with Gasteiger partial charge < -0.3 is 98.9 Å². The first kappa shape index (κ1) is 81.9. The molecule has 20 rings (SSSR count). The molecule has 119 heavy (non-hydrogen) atoms. The number of halogens is 5. The normalized spacial score (nSPS) is 26.6. The van der Waals surface area contributed by atoms with Crippen LogP contribution in [0, 0.1) is 33.5 Å². The van der Waals surface area contributed by atoms with Gasteiger partial charge in [0.05, 0.1) is 29.7 Å². The van der Waals surface area contributed by atoms with E-state index >= 15 is 0 Å². The summed E-state index contributed by atoms with van der Waals surface area (Å²) >= 11 is 3.57. The first-order valence-corrected chi connectivity index (χ1v) is 41.7. The van der Waals surface area contributed by atoms with Crippen molar-refractivity contribution in [1.82, 2.24) is 59.1 Å². The van der Waals surface area contributed by atoms with E-state index in [4.69, 9.17) is 18.9 Å². The molecule has 0 amide bonds. The van der Waals surface area contributed by atoms with Gasteiger partial charge in [0.15, 0.2) is 0 Å². The maximum atomic E-state index is 14.1. The lowest BCUT2D eigenvalue weighted by atomic mass is 9.97. The fourth-order valence-electron chi connectivity index (χ4n) is 18.9. The summed E-state index contributed by atoms with van der Waals surface area (Å²) in [6.45, 7) is 14.1. The van der Waals surface area contributed by atoms with Gasteiger partial charge in [0, 0.05) is 157 Å². The Kier molecular flexibility index (Phi) is 23.3. The molecule has 0 radical (unpaired) electrons. The second-order valence-corrected chi connectivity index (χ2v) is 33.9. The lowest BCUT2D eigenvalue weighted by Crippen LogP contribution is -2.35. The predicted octanol–water partition coefficient (Wildman–Crippen LogP) is 10.7. The van der Waals surface area contributed by atoms with Crippen molar-refractivity contribution in [2.24, 2.45) is 0 Å². The topological polar surface area (TPSA) is 309 Å². The Labute approximate surface area is 693 Å². The van der Waals surface area contributed by atoms with Crippen LogP contribution in [-0.2, 0) is 58.0 Å². The number of hydrogen-bond acceptors (Lipinski definition) is 20. The van der Waals surface area contributed by atoms with E-state index in [9.17, 15) is 58.4 Å². The highest BCUT2D eigenvalue weighted by Gasteiger charge is 2.49. The molecule has 4 aliphatic carbocycles. The average molecular weight is 1700 g/mol. The summed E-state index contributed by atoms with van der Waals surface area (Å²) in [5, 5.41) is 99.9. The van der Waals surface area contributed by atoms with Crippen LogP contribution >= 0.6 is 15.9 Å². The molecule has 12 aromatic rings. The largest absolute Gasteiger partial charge is 0.487 e. The summed E-state index contributed by atoms with van der Waals surface area (Å²) in [5.41, 5.74) is 14.8. The van der Waals surface area contributed by atoms with Crippen molar-refractivity contribution in [3.63, 3.8) is 0 Å². The quantitative estimate of drug-likeness (QED) is 0.0507. The molecule has 12 heterocycles. The summed E-state index contributed by atoms with van der Waals surface area (Å²) in [5.74, 6) is 1.80. The van der Waals surface area contributed by atoms with Gasteiger partial charge in [0.25, 0.3) is 0 Å². The van der Waals surface area contributed by atoms with Crippen LogP contribution in [-0.4, -0.2) is 190 Å². The molecule has 0 spiro atoms. The summed E-state index contributed by atoms with van der Waals surface area (Å²) in [7, 11) is 2.12. The highest BCUT2D eigenvalue weighted by Crippen LogP contribution is 2.45. The Balaban J connectivity index is 0.000000114. The number of aryl methyl sites for hydroxylation is 4. The minimum Gasteiger partial charge on any atom is -0.487 e. The minimum absolute atomic E-state index is 0.102. The molecule has 8 aliphatic rings. The van der Waals surface area contributed by atoms with Crippen LogP contribution in [0.2, 0.25) is 0 Å². The van der Waals surface area contributed by atoms with Crippen molar-refractivity contribution < 1.29 is 77.4 Å². The third-order valence-corrected chi connectivity index (χ3v) is 25.9. The number of pyridine rings is 4. The number of benzene rings is 4. The molecule has 11 N–H and O–H groups in total. The Morgan fingerprint density at radius 1 is 0.403 bits per heavy atom. The van der Waals surface area contributed by atoms with Gasteiger partial charge in [-0.1, -0.05) is 28.1 Å². The Bertz CT molecular complexity index is 5550. The molecule has 0 bridgehead atoms. The molecule has 4 saturated carbocycles.